The van der Waals surface area contributed by atoms with Crippen LogP contribution < -0.4 is 18.9 Å². The van der Waals surface area contributed by atoms with Crippen molar-refractivity contribution < 1.29 is 18.9 Å². The van der Waals surface area contributed by atoms with Crippen LogP contribution in [0.1, 0.15) is 38.8 Å². The van der Waals surface area contributed by atoms with Crippen molar-refractivity contribution in [3.8, 4) is 85.6 Å². The Kier molecular flexibility index (Phi) is 10.7. The Bertz CT molecular complexity index is 2190. The van der Waals surface area contributed by atoms with Crippen LogP contribution in [0.5, 0.6) is 23.0 Å². The second-order valence-corrected chi connectivity index (χ2v) is 16.3. The van der Waals surface area contributed by atoms with E-state index in [4.69, 9.17) is 18.9 Å². The first kappa shape index (κ1) is 36.4. The van der Waals surface area contributed by atoms with E-state index in [2.05, 4.69) is 60.2 Å². The van der Waals surface area contributed by atoms with E-state index in [1.165, 1.54) is 30.6 Å². The van der Waals surface area contributed by atoms with Gasteiger partial charge < -0.3 is 18.9 Å². The van der Waals surface area contributed by atoms with Gasteiger partial charge in [-0.25, -0.2) is 0 Å². The highest BCUT2D eigenvalue weighted by atomic mass is 32.1. The topological polar surface area (TPSA) is 62.7 Å². The quantitative estimate of drug-likeness (QED) is 0.124. The van der Waals surface area contributed by atoms with E-state index in [0.717, 1.165) is 66.1 Å². The predicted molar refractivity (Wildman–Crippen MR) is 222 cm³/mol. The summed E-state index contributed by atoms with van der Waals surface area (Å²) in [6.07, 6.45) is 7.45. The minimum absolute atomic E-state index is 0.0128. The molecule has 0 N–H and O–H groups in total. The van der Waals surface area contributed by atoms with E-state index in [0.29, 0.717) is 0 Å². The van der Waals surface area contributed by atoms with Crippen LogP contribution in [-0.4, -0.2) is 36.4 Å². The number of methoxy groups -OCH3 is 2. The number of ether oxygens (including phenoxy) is 4. The number of hydrogen-bond acceptors (Lipinski definition) is 9. The zero-order chi connectivity index (χ0) is 37.2. The maximum Gasteiger partial charge on any atom is 0.132 e. The van der Waals surface area contributed by atoms with Gasteiger partial charge in [0.1, 0.15) is 23.0 Å². The van der Waals surface area contributed by atoms with Crippen LogP contribution in [0.4, 0.5) is 0 Å². The fourth-order valence-electron chi connectivity index (χ4n) is 6.44. The molecule has 5 aromatic heterocycles. The van der Waals surface area contributed by atoms with E-state index in [1.807, 2.05) is 100 Å². The van der Waals surface area contributed by atoms with Crippen LogP contribution >= 0.6 is 34.0 Å². The molecule has 0 fully saturated rings. The van der Waals surface area contributed by atoms with Crippen LogP contribution in [0.25, 0.3) is 62.6 Å². The van der Waals surface area contributed by atoms with Gasteiger partial charge in [-0.05, 0) is 124 Å². The highest BCUT2D eigenvalue weighted by Crippen LogP contribution is 2.56. The highest BCUT2D eigenvalue weighted by molar-refractivity contribution is 7.28. The molecule has 6 nitrogen and oxygen atoms in total. The first-order chi connectivity index (χ1) is 25.7. The fraction of sp³-hybridized carbons (Fsp3) is 0.227. The van der Waals surface area contributed by atoms with Gasteiger partial charge in [-0.3, -0.25) is 9.97 Å². The van der Waals surface area contributed by atoms with Crippen LogP contribution in [0.15, 0.2) is 97.6 Å². The minimum atomic E-state index is 0.0128. The van der Waals surface area contributed by atoms with Gasteiger partial charge in [0.2, 0.25) is 0 Å². The Morgan fingerprint density at radius 2 is 0.868 bits per heavy atom. The lowest BCUT2D eigenvalue weighted by atomic mass is 10.0. The van der Waals surface area contributed by atoms with Gasteiger partial charge in [0, 0.05) is 55.4 Å². The van der Waals surface area contributed by atoms with Crippen LogP contribution in [-0.2, 0) is 0 Å². The maximum absolute atomic E-state index is 6.35. The normalized spacial score (nSPS) is 11.4. The average Bonchev–Trinajstić information content (AvgIpc) is 3.87. The molecule has 0 amide bonds. The van der Waals surface area contributed by atoms with Gasteiger partial charge in [0.25, 0.3) is 0 Å². The molecule has 7 rings (SSSR count). The molecule has 0 aliphatic carbocycles. The number of aromatic nitrogens is 2. The molecule has 5 heterocycles. The Labute approximate surface area is 323 Å². The average molecular weight is 759 g/mol. The summed E-state index contributed by atoms with van der Waals surface area (Å²) in [6, 6.07) is 24.9. The molecule has 9 heteroatoms. The molecule has 0 spiro atoms. The van der Waals surface area contributed by atoms with E-state index < -0.39 is 0 Å². The summed E-state index contributed by atoms with van der Waals surface area (Å²) in [4.78, 5) is 15.7. The second kappa shape index (κ2) is 15.6. The molecule has 0 aliphatic rings. The predicted octanol–water partition coefficient (Wildman–Crippen LogP) is 12.9. The summed E-state index contributed by atoms with van der Waals surface area (Å²) in [6.45, 7) is 12.7. The highest BCUT2D eigenvalue weighted by Gasteiger charge is 2.27. The third-order valence-corrected chi connectivity index (χ3v) is 13.0. The molecule has 0 unspecified atom stereocenters. The summed E-state index contributed by atoms with van der Waals surface area (Å²) in [5.74, 6) is 3.17. The summed E-state index contributed by atoms with van der Waals surface area (Å²) in [7, 11) is 3.43. The summed E-state index contributed by atoms with van der Waals surface area (Å²) >= 11 is 5.38. The van der Waals surface area contributed by atoms with E-state index in [-0.39, 0.29) is 12.2 Å². The van der Waals surface area contributed by atoms with Gasteiger partial charge in [-0.2, -0.15) is 0 Å². The lowest BCUT2D eigenvalue weighted by Crippen LogP contribution is -2.06. The molecular formula is C44H42N2O4S3. The molecule has 0 aliphatic heterocycles. The minimum Gasteiger partial charge on any atom is -0.496 e. The van der Waals surface area contributed by atoms with Crippen molar-refractivity contribution >= 4 is 34.0 Å². The molecule has 0 bridgehead atoms. The molecule has 270 valence electrons. The maximum atomic E-state index is 6.35. The zero-order valence-electron chi connectivity index (χ0n) is 31.1. The van der Waals surface area contributed by atoms with Crippen molar-refractivity contribution in [1.82, 2.24) is 9.97 Å². The first-order valence-corrected chi connectivity index (χ1v) is 20.0. The Balaban J connectivity index is 1.45. The molecule has 0 radical (unpaired) electrons. The van der Waals surface area contributed by atoms with Crippen LogP contribution in [0.3, 0.4) is 0 Å². The monoisotopic (exact) mass is 758 g/mol. The number of thiophene rings is 3. The SMILES string of the molecule is COc1cccc(OC(C)C)c1-c1cc(-c2ccncc2)c(-c2sc(-c3sc(-c4c(OC)cccc4OC(C)C)cc3-c3ccncc3)c(C)c2C)s1. The number of rotatable bonds is 12. The summed E-state index contributed by atoms with van der Waals surface area (Å²) in [5, 5.41) is 0. The van der Waals surface area contributed by atoms with Gasteiger partial charge in [0.05, 0.1) is 47.3 Å². The largest absolute Gasteiger partial charge is 0.496 e. The number of pyridine rings is 2. The molecular weight excluding hydrogens is 717 g/mol. The van der Waals surface area contributed by atoms with Crippen LogP contribution in [0.2, 0.25) is 0 Å². The lowest BCUT2D eigenvalue weighted by Gasteiger charge is -2.16. The number of benzene rings is 2. The fourth-order valence-corrected chi connectivity index (χ4v) is 10.6. The number of hydrogen-bond donors (Lipinski definition) is 0. The van der Waals surface area contributed by atoms with Gasteiger partial charge >= 0.3 is 0 Å². The Hall–Kier alpha value is -4.96. The standard InChI is InChI=1S/C44H42N2O4S3/c1-25(2)49-35-13-9-11-33(47-7)39(35)37-23-31(29-15-19-45-20-16-29)43(51-37)41-27(5)28(6)42(53-41)44-32(30-17-21-46-22-18-30)24-38(52-44)40-34(48-8)12-10-14-36(40)50-26(3)4/h9-26H,1-8H3. The van der Waals surface area contributed by atoms with E-state index in [1.54, 1.807) is 36.9 Å². The summed E-state index contributed by atoms with van der Waals surface area (Å²) < 4.78 is 24.5. The van der Waals surface area contributed by atoms with Gasteiger partial charge in [0.15, 0.2) is 0 Å². The van der Waals surface area contributed by atoms with Crippen molar-refractivity contribution in [2.45, 2.75) is 53.8 Å². The van der Waals surface area contributed by atoms with Crippen molar-refractivity contribution in [2.24, 2.45) is 0 Å². The first-order valence-electron chi connectivity index (χ1n) is 17.6. The number of nitrogens with zero attached hydrogens (tertiary/aromatic N) is 2. The smallest absolute Gasteiger partial charge is 0.132 e. The molecule has 7 aromatic rings. The third kappa shape index (κ3) is 7.21. The molecule has 53 heavy (non-hydrogen) atoms. The van der Waals surface area contributed by atoms with Crippen molar-refractivity contribution in [2.75, 3.05) is 14.2 Å². The van der Waals surface area contributed by atoms with Gasteiger partial charge in [-0.1, -0.05) is 12.1 Å². The van der Waals surface area contributed by atoms with Crippen LogP contribution in [0, 0.1) is 13.8 Å². The second-order valence-electron chi connectivity index (χ2n) is 13.2. The molecule has 0 atom stereocenters. The Morgan fingerprint density at radius 3 is 1.23 bits per heavy atom. The van der Waals surface area contributed by atoms with E-state index >= 15 is 0 Å². The van der Waals surface area contributed by atoms with Crippen molar-refractivity contribution in [3.63, 3.8) is 0 Å². The van der Waals surface area contributed by atoms with Crippen molar-refractivity contribution in [3.05, 3.63) is 109 Å². The van der Waals surface area contributed by atoms with Gasteiger partial charge in [-0.15, -0.1) is 34.0 Å². The lowest BCUT2D eigenvalue weighted by molar-refractivity contribution is 0.242. The summed E-state index contributed by atoms with van der Waals surface area (Å²) in [5.41, 5.74) is 8.94. The van der Waals surface area contributed by atoms with E-state index in [9.17, 15) is 0 Å². The zero-order valence-corrected chi connectivity index (χ0v) is 33.6. The third-order valence-electron chi connectivity index (χ3n) is 8.94. The Morgan fingerprint density at radius 1 is 0.491 bits per heavy atom. The molecule has 0 saturated heterocycles. The molecule has 0 saturated carbocycles. The molecule has 2 aromatic carbocycles. The van der Waals surface area contributed by atoms with Crippen molar-refractivity contribution in [1.29, 1.82) is 0 Å².